The molecule has 0 amide bonds. The average Bonchev–Trinajstić information content (AvgIpc) is 2.43. The van der Waals surface area contributed by atoms with Crippen LogP contribution in [0.1, 0.15) is 0 Å². The summed E-state index contributed by atoms with van der Waals surface area (Å²) in [7, 11) is -6.27. The van der Waals surface area contributed by atoms with E-state index in [9.17, 15) is 16.8 Å². The van der Waals surface area contributed by atoms with Gasteiger partial charge in [0, 0.05) is 11.6 Å². The third-order valence-corrected chi connectivity index (χ3v) is 5.56. The molecule has 7 nitrogen and oxygen atoms in total. The fourth-order valence-electron chi connectivity index (χ4n) is 1.82. The minimum Gasteiger partial charge on any atom is -0.497 e. The molecule has 0 unspecified atom stereocenters. The number of sulfonamides is 1. The van der Waals surface area contributed by atoms with Gasteiger partial charge in [-0.1, -0.05) is 6.07 Å². The molecule has 1 aromatic carbocycles. The van der Waals surface area contributed by atoms with Gasteiger partial charge in [0.1, 0.15) is 5.75 Å². The summed E-state index contributed by atoms with van der Waals surface area (Å²) in [6.45, 7) is 0. The zero-order valence-corrected chi connectivity index (χ0v) is 12.8. The highest BCUT2D eigenvalue weighted by atomic mass is 32.2. The van der Waals surface area contributed by atoms with Crippen molar-refractivity contribution in [1.82, 2.24) is 4.98 Å². The summed E-state index contributed by atoms with van der Waals surface area (Å²) in [5.41, 5.74) is 0. The Kier molecular flexibility index (Phi) is 4.17. The summed E-state index contributed by atoms with van der Waals surface area (Å²) in [5, 5.41) is 5.72. The Morgan fingerprint density at radius 3 is 2.48 bits per heavy atom. The molecular formula is C12H14N2O5S2. The molecule has 0 aliphatic carbocycles. The number of rotatable bonds is 5. The van der Waals surface area contributed by atoms with E-state index in [1.54, 1.807) is 24.3 Å². The number of benzene rings is 1. The second kappa shape index (κ2) is 5.58. The van der Waals surface area contributed by atoms with Crippen molar-refractivity contribution in [2.75, 3.05) is 18.6 Å². The van der Waals surface area contributed by atoms with Crippen molar-refractivity contribution in [2.24, 2.45) is 5.14 Å². The van der Waals surface area contributed by atoms with Crippen molar-refractivity contribution in [3.05, 3.63) is 30.5 Å². The summed E-state index contributed by atoms with van der Waals surface area (Å²) in [6, 6.07) is 6.61. The molecule has 0 radical (unpaired) electrons. The maximum atomic E-state index is 12.3. The Hall–Kier alpha value is -1.71. The molecule has 9 heteroatoms. The van der Waals surface area contributed by atoms with E-state index in [-0.39, 0.29) is 5.03 Å². The van der Waals surface area contributed by atoms with Crippen LogP contribution >= 0.6 is 0 Å². The molecule has 0 saturated heterocycles. The van der Waals surface area contributed by atoms with Gasteiger partial charge < -0.3 is 4.74 Å². The molecule has 0 aliphatic heterocycles. The molecule has 1 heterocycles. The van der Waals surface area contributed by atoms with E-state index in [0.717, 1.165) is 0 Å². The van der Waals surface area contributed by atoms with E-state index in [2.05, 4.69) is 4.98 Å². The quantitative estimate of drug-likeness (QED) is 0.843. The number of nitrogens with zero attached hydrogens (tertiary/aromatic N) is 1. The van der Waals surface area contributed by atoms with Crippen molar-refractivity contribution in [2.45, 2.75) is 5.03 Å². The predicted octanol–water partition coefficient (Wildman–Crippen LogP) is 0.306. The van der Waals surface area contributed by atoms with Gasteiger partial charge in [-0.05, 0) is 23.6 Å². The standard InChI is InChI=1S/C12H14N2O5S2/c1-19-10-3-2-9-4-5-14-12(11(9)8-10)20(15,16)6-7-21(13,17)18/h2-5,8H,6-7H2,1H3,(H2,13,17,18). The maximum absolute atomic E-state index is 12.3. The molecule has 2 rings (SSSR count). The molecule has 0 bridgehead atoms. The number of primary sulfonamides is 1. The molecule has 0 saturated carbocycles. The second-order valence-electron chi connectivity index (χ2n) is 4.39. The van der Waals surface area contributed by atoms with Crippen molar-refractivity contribution in [1.29, 1.82) is 0 Å². The van der Waals surface area contributed by atoms with E-state index in [4.69, 9.17) is 9.88 Å². The van der Waals surface area contributed by atoms with Crippen LogP contribution in [-0.4, -0.2) is 40.4 Å². The Balaban J connectivity index is 2.54. The topological polar surface area (TPSA) is 116 Å². The highest BCUT2D eigenvalue weighted by Crippen LogP contribution is 2.26. The number of hydrogen-bond acceptors (Lipinski definition) is 6. The number of methoxy groups -OCH3 is 1. The predicted molar refractivity (Wildman–Crippen MR) is 78.3 cm³/mol. The van der Waals surface area contributed by atoms with Gasteiger partial charge in [-0.25, -0.2) is 27.0 Å². The van der Waals surface area contributed by atoms with Crippen LogP contribution in [0.4, 0.5) is 0 Å². The highest BCUT2D eigenvalue weighted by molar-refractivity contribution is 7.94. The second-order valence-corrected chi connectivity index (χ2v) is 8.15. The van der Waals surface area contributed by atoms with Crippen LogP contribution in [0.5, 0.6) is 5.75 Å². The Morgan fingerprint density at radius 1 is 1.14 bits per heavy atom. The molecule has 0 aliphatic rings. The number of hydrogen-bond donors (Lipinski definition) is 1. The van der Waals surface area contributed by atoms with Crippen LogP contribution in [0.3, 0.4) is 0 Å². The van der Waals surface area contributed by atoms with E-state index in [1.165, 1.54) is 13.3 Å². The van der Waals surface area contributed by atoms with E-state index in [1.807, 2.05) is 0 Å². The Morgan fingerprint density at radius 2 is 1.86 bits per heavy atom. The largest absolute Gasteiger partial charge is 0.497 e. The lowest BCUT2D eigenvalue weighted by Gasteiger charge is -2.08. The minimum absolute atomic E-state index is 0.178. The lowest BCUT2D eigenvalue weighted by Crippen LogP contribution is -2.23. The first kappa shape index (κ1) is 15.7. The first-order valence-corrected chi connectivity index (χ1v) is 9.26. The van der Waals surface area contributed by atoms with Gasteiger partial charge in [-0.15, -0.1) is 0 Å². The summed E-state index contributed by atoms with van der Waals surface area (Å²) in [6.07, 6.45) is 1.36. The Bertz CT molecular complexity index is 876. The molecule has 0 fully saturated rings. The van der Waals surface area contributed by atoms with Gasteiger partial charge in [0.2, 0.25) is 10.0 Å². The van der Waals surface area contributed by atoms with Crippen LogP contribution in [0, 0.1) is 0 Å². The van der Waals surface area contributed by atoms with Gasteiger partial charge in [-0.3, -0.25) is 0 Å². The van der Waals surface area contributed by atoms with Crippen LogP contribution in [0.25, 0.3) is 10.8 Å². The number of nitrogens with two attached hydrogens (primary N) is 1. The zero-order chi connectivity index (χ0) is 15.7. The molecule has 1 aromatic heterocycles. The van der Waals surface area contributed by atoms with Crippen LogP contribution in [-0.2, 0) is 19.9 Å². The fraction of sp³-hybridized carbons (Fsp3) is 0.250. The summed E-state index contributed by atoms with van der Waals surface area (Å²) in [5.74, 6) is -0.787. The van der Waals surface area contributed by atoms with Crippen molar-refractivity contribution in [3.63, 3.8) is 0 Å². The summed E-state index contributed by atoms with van der Waals surface area (Å²) < 4.78 is 51.5. The third-order valence-electron chi connectivity index (χ3n) is 2.87. The molecule has 0 atom stereocenters. The van der Waals surface area contributed by atoms with Crippen molar-refractivity contribution >= 4 is 30.6 Å². The van der Waals surface area contributed by atoms with E-state index in [0.29, 0.717) is 16.5 Å². The molecule has 0 spiro atoms. The molecule has 21 heavy (non-hydrogen) atoms. The maximum Gasteiger partial charge on any atom is 0.210 e. The summed E-state index contributed by atoms with van der Waals surface area (Å²) >= 11 is 0. The number of sulfone groups is 1. The smallest absolute Gasteiger partial charge is 0.210 e. The zero-order valence-electron chi connectivity index (χ0n) is 11.2. The van der Waals surface area contributed by atoms with Gasteiger partial charge in [-0.2, -0.15) is 0 Å². The third kappa shape index (κ3) is 3.69. The number of aromatic nitrogens is 1. The highest BCUT2D eigenvalue weighted by Gasteiger charge is 2.21. The SMILES string of the molecule is COc1ccc2ccnc(S(=O)(=O)CCS(N)(=O)=O)c2c1. The Labute approximate surface area is 122 Å². The molecule has 114 valence electrons. The monoisotopic (exact) mass is 330 g/mol. The number of pyridine rings is 1. The minimum atomic E-state index is -3.87. The van der Waals surface area contributed by atoms with Crippen LogP contribution in [0.15, 0.2) is 35.5 Å². The van der Waals surface area contributed by atoms with Crippen molar-refractivity contribution in [3.8, 4) is 5.75 Å². The van der Waals surface area contributed by atoms with Gasteiger partial charge in [0.05, 0.1) is 18.6 Å². The lowest BCUT2D eigenvalue weighted by atomic mass is 10.2. The fourth-order valence-corrected chi connectivity index (χ4v) is 4.55. The molecule has 2 aromatic rings. The van der Waals surface area contributed by atoms with Gasteiger partial charge in [0.25, 0.3) is 0 Å². The van der Waals surface area contributed by atoms with Gasteiger partial charge >= 0.3 is 0 Å². The van der Waals surface area contributed by atoms with Crippen molar-refractivity contribution < 1.29 is 21.6 Å². The summed E-state index contributed by atoms with van der Waals surface area (Å²) in [4.78, 5) is 3.88. The average molecular weight is 330 g/mol. The molecular weight excluding hydrogens is 316 g/mol. The van der Waals surface area contributed by atoms with Crippen LogP contribution < -0.4 is 9.88 Å². The number of ether oxygens (including phenoxy) is 1. The number of fused-ring (bicyclic) bond motifs is 1. The van der Waals surface area contributed by atoms with Crippen LogP contribution in [0.2, 0.25) is 0 Å². The first-order chi connectivity index (χ1) is 9.73. The van der Waals surface area contributed by atoms with Gasteiger partial charge in [0.15, 0.2) is 14.9 Å². The first-order valence-electron chi connectivity index (χ1n) is 5.89. The van der Waals surface area contributed by atoms with E-state index >= 15 is 0 Å². The molecule has 2 N–H and O–H groups in total. The van der Waals surface area contributed by atoms with E-state index < -0.39 is 31.4 Å². The lowest BCUT2D eigenvalue weighted by molar-refractivity contribution is 0.415. The normalized spacial score (nSPS) is 12.5.